The fraction of sp³-hybridized carbons (Fsp3) is 0.500. The maximum Gasteiger partial charge on any atom is -0.0215 e. The van der Waals surface area contributed by atoms with E-state index in [2.05, 4.69) is 32.6 Å². The molecule has 0 saturated heterocycles. The second-order valence-corrected chi connectivity index (χ2v) is 3.14. The average Bonchev–Trinajstić information content (AvgIpc) is 1.63. The van der Waals surface area contributed by atoms with Gasteiger partial charge in [-0.25, -0.2) is 0 Å². The second-order valence-electron chi connectivity index (χ2n) is 2.44. The van der Waals surface area contributed by atoms with Crippen molar-refractivity contribution in [3.63, 3.8) is 0 Å². The van der Waals surface area contributed by atoms with Gasteiger partial charge in [-0.3, -0.25) is 0 Å². The van der Waals surface area contributed by atoms with Crippen LogP contribution in [0, 0.1) is 5.92 Å². The zero-order chi connectivity index (χ0) is 7.28. The molecule has 0 rings (SSSR count). The third kappa shape index (κ3) is 7.83. The largest absolute Gasteiger partial charge is 0.148 e. The van der Waals surface area contributed by atoms with Gasteiger partial charge in [-0.15, -0.1) is 12.6 Å². The summed E-state index contributed by atoms with van der Waals surface area (Å²) in [6.07, 6.45) is 6.16. The lowest BCUT2D eigenvalue weighted by Gasteiger charge is -1.89. The molecule has 9 heavy (non-hydrogen) atoms. The van der Waals surface area contributed by atoms with Crippen molar-refractivity contribution >= 4 is 12.6 Å². The molecule has 0 fully saturated rings. The van der Waals surface area contributed by atoms with E-state index in [1.807, 2.05) is 19.1 Å². The SMILES string of the molecule is C/C(S)=C/C=C\C(C)C. The van der Waals surface area contributed by atoms with Crippen LogP contribution in [0.1, 0.15) is 20.8 Å². The van der Waals surface area contributed by atoms with Gasteiger partial charge in [0.05, 0.1) is 0 Å². The molecule has 0 aliphatic rings. The normalized spacial score (nSPS) is 13.7. The predicted molar refractivity (Wildman–Crippen MR) is 46.7 cm³/mol. The number of allylic oxidation sites excluding steroid dienone is 4. The topological polar surface area (TPSA) is 0 Å². The molecule has 0 atom stereocenters. The molecule has 0 amide bonds. The average molecular weight is 142 g/mol. The van der Waals surface area contributed by atoms with Crippen molar-refractivity contribution in [3.05, 3.63) is 23.1 Å². The minimum absolute atomic E-state index is 0.633. The van der Waals surface area contributed by atoms with Crippen molar-refractivity contribution in [3.8, 4) is 0 Å². The summed E-state index contributed by atoms with van der Waals surface area (Å²) in [6, 6.07) is 0. The Morgan fingerprint density at radius 1 is 1.44 bits per heavy atom. The van der Waals surface area contributed by atoms with Gasteiger partial charge in [-0.1, -0.05) is 32.1 Å². The highest BCUT2D eigenvalue weighted by molar-refractivity contribution is 7.84. The number of rotatable bonds is 2. The highest BCUT2D eigenvalue weighted by Crippen LogP contribution is 1.99. The first-order valence-electron chi connectivity index (χ1n) is 3.17. The quantitative estimate of drug-likeness (QED) is 0.444. The van der Waals surface area contributed by atoms with E-state index in [4.69, 9.17) is 0 Å². The van der Waals surface area contributed by atoms with Crippen LogP contribution in [0.4, 0.5) is 0 Å². The van der Waals surface area contributed by atoms with E-state index >= 15 is 0 Å². The molecule has 0 aromatic rings. The molecular weight excluding hydrogens is 128 g/mol. The maximum atomic E-state index is 4.11. The van der Waals surface area contributed by atoms with Crippen LogP contribution < -0.4 is 0 Å². The van der Waals surface area contributed by atoms with E-state index in [0.29, 0.717) is 5.92 Å². The van der Waals surface area contributed by atoms with Crippen molar-refractivity contribution in [1.82, 2.24) is 0 Å². The Hall–Kier alpha value is -0.170. The molecule has 52 valence electrons. The van der Waals surface area contributed by atoms with Gasteiger partial charge in [0, 0.05) is 0 Å². The maximum absolute atomic E-state index is 4.11. The van der Waals surface area contributed by atoms with Crippen molar-refractivity contribution < 1.29 is 0 Å². The van der Waals surface area contributed by atoms with Gasteiger partial charge in [0.25, 0.3) is 0 Å². The first kappa shape index (κ1) is 8.83. The molecule has 0 spiro atoms. The summed E-state index contributed by atoms with van der Waals surface area (Å²) in [7, 11) is 0. The highest BCUT2D eigenvalue weighted by atomic mass is 32.1. The molecule has 0 unspecified atom stereocenters. The van der Waals surface area contributed by atoms with Crippen molar-refractivity contribution in [2.24, 2.45) is 5.92 Å². The summed E-state index contributed by atoms with van der Waals surface area (Å²) >= 11 is 4.11. The Bertz CT molecular complexity index is 117. The molecule has 0 N–H and O–H groups in total. The molecule has 1 heteroatoms. The molecule has 0 saturated carbocycles. The minimum Gasteiger partial charge on any atom is -0.148 e. The van der Waals surface area contributed by atoms with Gasteiger partial charge < -0.3 is 0 Å². The van der Waals surface area contributed by atoms with Gasteiger partial charge in [0.1, 0.15) is 0 Å². The second kappa shape index (κ2) is 4.68. The Morgan fingerprint density at radius 2 is 2.00 bits per heavy atom. The van der Waals surface area contributed by atoms with E-state index in [1.54, 1.807) is 0 Å². The summed E-state index contributed by atoms with van der Waals surface area (Å²) in [5, 5.41) is 0. The predicted octanol–water partition coefficient (Wildman–Crippen LogP) is 3.03. The first-order chi connectivity index (χ1) is 4.13. The lowest BCUT2D eigenvalue weighted by Crippen LogP contribution is -1.74. The summed E-state index contributed by atoms with van der Waals surface area (Å²) in [4.78, 5) is 1.05. The van der Waals surface area contributed by atoms with Crippen molar-refractivity contribution in [1.29, 1.82) is 0 Å². The van der Waals surface area contributed by atoms with Gasteiger partial charge >= 0.3 is 0 Å². The van der Waals surface area contributed by atoms with Crippen LogP contribution in [0.3, 0.4) is 0 Å². The molecule has 0 nitrogen and oxygen atoms in total. The van der Waals surface area contributed by atoms with Crippen molar-refractivity contribution in [2.75, 3.05) is 0 Å². The van der Waals surface area contributed by atoms with Crippen LogP contribution in [-0.4, -0.2) is 0 Å². The number of thiol groups is 1. The third-order valence-corrected chi connectivity index (χ3v) is 0.983. The van der Waals surface area contributed by atoms with Gasteiger partial charge in [0.2, 0.25) is 0 Å². The van der Waals surface area contributed by atoms with Crippen LogP contribution in [0.2, 0.25) is 0 Å². The van der Waals surface area contributed by atoms with Crippen LogP contribution >= 0.6 is 12.6 Å². The molecule has 0 heterocycles. The van der Waals surface area contributed by atoms with Crippen LogP contribution in [0.5, 0.6) is 0 Å². The molecular formula is C8H14S. The van der Waals surface area contributed by atoms with Crippen molar-refractivity contribution in [2.45, 2.75) is 20.8 Å². The van der Waals surface area contributed by atoms with Crippen LogP contribution in [-0.2, 0) is 0 Å². The Labute approximate surface area is 63.1 Å². The summed E-state index contributed by atoms with van der Waals surface area (Å²) in [5.41, 5.74) is 0. The minimum atomic E-state index is 0.633. The summed E-state index contributed by atoms with van der Waals surface area (Å²) in [6.45, 7) is 6.27. The molecule has 0 aromatic heterocycles. The highest BCUT2D eigenvalue weighted by Gasteiger charge is 1.79. The molecule has 0 aliphatic heterocycles. The van der Waals surface area contributed by atoms with E-state index in [9.17, 15) is 0 Å². The first-order valence-corrected chi connectivity index (χ1v) is 3.61. The zero-order valence-corrected chi connectivity index (χ0v) is 7.15. The molecule has 0 bridgehead atoms. The summed E-state index contributed by atoms with van der Waals surface area (Å²) < 4.78 is 0. The molecule has 0 radical (unpaired) electrons. The van der Waals surface area contributed by atoms with E-state index in [1.165, 1.54) is 0 Å². The van der Waals surface area contributed by atoms with Crippen LogP contribution in [0.15, 0.2) is 23.1 Å². The Morgan fingerprint density at radius 3 is 2.33 bits per heavy atom. The molecule has 0 aromatic carbocycles. The van der Waals surface area contributed by atoms with E-state index in [0.717, 1.165) is 4.91 Å². The van der Waals surface area contributed by atoms with E-state index < -0.39 is 0 Å². The van der Waals surface area contributed by atoms with Crippen LogP contribution in [0.25, 0.3) is 0 Å². The number of hydrogen-bond donors (Lipinski definition) is 1. The van der Waals surface area contributed by atoms with Gasteiger partial charge in [-0.2, -0.15) is 0 Å². The lowest BCUT2D eigenvalue weighted by atomic mass is 10.2. The Kier molecular flexibility index (Phi) is 4.60. The standard InChI is InChI=1S/C8H14S/c1-7(2)5-4-6-8(3)9/h4-7,9H,1-3H3/b5-4-,8-6-. The number of hydrogen-bond acceptors (Lipinski definition) is 1. The third-order valence-electron chi connectivity index (χ3n) is 0.833. The zero-order valence-electron chi connectivity index (χ0n) is 6.26. The Balaban J connectivity index is 3.60. The fourth-order valence-corrected chi connectivity index (χ4v) is 0.503. The smallest absolute Gasteiger partial charge is 0.0215 e. The fourth-order valence-electron chi connectivity index (χ4n) is 0.417. The molecule has 0 aliphatic carbocycles. The monoisotopic (exact) mass is 142 g/mol. The summed E-state index contributed by atoms with van der Waals surface area (Å²) in [5.74, 6) is 0.633. The van der Waals surface area contributed by atoms with Gasteiger partial charge in [0.15, 0.2) is 0 Å². The van der Waals surface area contributed by atoms with E-state index in [-0.39, 0.29) is 0 Å². The van der Waals surface area contributed by atoms with Gasteiger partial charge in [-0.05, 0) is 17.7 Å². The lowest BCUT2D eigenvalue weighted by molar-refractivity contribution is 0.832.